The largest absolute Gasteiger partial charge is 0.453 e. The Kier molecular flexibility index (Phi) is 3.62. The molecule has 2 nitrogen and oxygen atoms in total. The first-order valence-electron chi connectivity index (χ1n) is 8.19. The van der Waals surface area contributed by atoms with Crippen LogP contribution in [0.5, 0.6) is 0 Å². The molecule has 1 unspecified atom stereocenters. The Bertz CT molecular complexity index is 545. The Balaban J connectivity index is 1.99. The lowest BCUT2D eigenvalue weighted by atomic mass is 9.48. The number of ether oxygens (including phenoxy) is 1. The predicted molar refractivity (Wildman–Crippen MR) is 76.4 cm³/mol. The molecule has 0 aromatic carbocycles. The fourth-order valence-corrected chi connectivity index (χ4v) is 4.90. The fourth-order valence-electron chi connectivity index (χ4n) is 4.90. The van der Waals surface area contributed by atoms with Crippen LogP contribution in [0.3, 0.4) is 0 Å². The van der Waals surface area contributed by atoms with Gasteiger partial charge in [-0.1, -0.05) is 11.6 Å². The molecular weight excluding hydrogens is 312 g/mol. The minimum absolute atomic E-state index is 0.0135. The van der Waals surface area contributed by atoms with Crippen LogP contribution in [0.2, 0.25) is 0 Å². The molecule has 0 saturated heterocycles. The summed E-state index contributed by atoms with van der Waals surface area (Å²) in [4.78, 5) is 11.2. The van der Waals surface area contributed by atoms with Gasteiger partial charge in [-0.25, -0.2) is 0 Å². The molecule has 0 radical (unpaired) electrons. The van der Waals surface area contributed by atoms with Crippen molar-refractivity contribution in [1.29, 1.82) is 0 Å². The van der Waals surface area contributed by atoms with Crippen molar-refractivity contribution in [3.05, 3.63) is 11.6 Å². The van der Waals surface area contributed by atoms with Crippen LogP contribution >= 0.6 is 0 Å². The van der Waals surface area contributed by atoms with Crippen LogP contribution in [0.4, 0.5) is 17.6 Å². The second kappa shape index (κ2) is 4.96. The van der Waals surface area contributed by atoms with Crippen LogP contribution in [0.15, 0.2) is 11.6 Å². The van der Waals surface area contributed by atoms with Crippen LogP contribution in [-0.4, -0.2) is 23.4 Å². The highest BCUT2D eigenvalue weighted by atomic mass is 19.3. The van der Waals surface area contributed by atoms with Gasteiger partial charge in [0.05, 0.1) is 0 Å². The molecule has 0 aliphatic heterocycles. The molecular formula is C17H22F4O2. The molecule has 4 aliphatic rings. The standard InChI is InChI=1S/C17H22F4O2/c1-11-3-5-13(6-4-11)14-7-9-15(10-8-14,23-12(2)22)17(20,21)16(14,18)19/h3,13H,4-10H2,1-2H3. The number of carbonyl (C=O) groups excluding carboxylic acids is 1. The smallest absolute Gasteiger partial charge is 0.349 e. The number of rotatable bonds is 2. The zero-order valence-corrected chi connectivity index (χ0v) is 13.4. The SMILES string of the molecule is CC(=O)OC12CCC(C3CC=C(C)CC3)(CC1)C(F)(F)C2(F)F. The van der Waals surface area contributed by atoms with E-state index in [9.17, 15) is 22.4 Å². The summed E-state index contributed by atoms with van der Waals surface area (Å²) < 4.78 is 64.1. The molecule has 6 heteroatoms. The molecule has 1 atom stereocenters. The van der Waals surface area contributed by atoms with E-state index in [0.29, 0.717) is 19.3 Å². The minimum atomic E-state index is -4.32. The molecule has 3 fully saturated rings. The van der Waals surface area contributed by atoms with Crippen molar-refractivity contribution in [2.75, 3.05) is 0 Å². The van der Waals surface area contributed by atoms with Crippen molar-refractivity contribution >= 4 is 5.97 Å². The van der Waals surface area contributed by atoms with Gasteiger partial charge in [-0.15, -0.1) is 0 Å². The summed E-state index contributed by atoms with van der Waals surface area (Å²) in [5.74, 6) is -9.84. The molecule has 23 heavy (non-hydrogen) atoms. The number of alkyl halides is 4. The Hall–Kier alpha value is -1.07. The number of hydrogen-bond acceptors (Lipinski definition) is 2. The maximum absolute atomic E-state index is 14.9. The Labute approximate surface area is 133 Å². The summed E-state index contributed by atoms with van der Waals surface area (Å²) in [6, 6.07) is 0. The average Bonchev–Trinajstić information content (AvgIpc) is 2.46. The zero-order valence-electron chi connectivity index (χ0n) is 13.4. The molecule has 0 amide bonds. The molecule has 130 valence electrons. The molecule has 2 bridgehead atoms. The van der Waals surface area contributed by atoms with Crippen molar-refractivity contribution in [2.45, 2.75) is 76.2 Å². The lowest BCUT2D eigenvalue weighted by molar-refractivity contribution is -0.392. The van der Waals surface area contributed by atoms with E-state index >= 15 is 0 Å². The van der Waals surface area contributed by atoms with Crippen molar-refractivity contribution in [2.24, 2.45) is 11.3 Å². The molecule has 3 saturated carbocycles. The maximum Gasteiger partial charge on any atom is 0.349 e. The van der Waals surface area contributed by atoms with Crippen LogP contribution in [0.25, 0.3) is 0 Å². The molecule has 0 N–H and O–H groups in total. The van der Waals surface area contributed by atoms with Crippen LogP contribution in [-0.2, 0) is 9.53 Å². The summed E-state index contributed by atoms with van der Waals surface area (Å²) in [6.07, 6.45) is 3.14. The second-order valence-corrected chi connectivity index (χ2v) is 7.41. The van der Waals surface area contributed by atoms with Gasteiger partial charge in [0.2, 0.25) is 0 Å². The summed E-state index contributed by atoms with van der Waals surface area (Å²) >= 11 is 0. The van der Waals surface area contributed by atoms with E-state index in [-0.39, 0.29) is 25.7 Å². The van der Waals surface area contributed by atoms with E-state index < -0.39 is 34.7 Å². The first-order valence-corrected chi connectivity index (χ1v) is 8.19. The highest BCUT2D eigenvalue weighted by Crippen LogP contribution is 2.71. The monoisotopic (exact) mass is 334 g/mol. The van der Waals surface area contributed by atoms with Crippen molar-refractivity contribution in [1.82, 2.24) is 0 Å². The van der Waals surface area contributed by atoms with Gasteiger partial charge in [-0.3, -0.25) is 4.79 Å². The van der Waals surface area contributed by atoms with E-state index in [1.54, 1.807) is 0 Å². The van der Waals surface area contributed by atoms with Gasteiger partial charge in [-0.2, -0.15) is 17.6 Å². The number of halogens is 4. The number of allylic oxidation sites excluding steroid dienone is 2. The van der Waals surface area contributed by atoms with Crippen molar-refractivity contribution < 1.29 is 27.1 Å². The Morgan fingerprint density at radius 3 is 2.22 bits per heavy atom. The molecule has 0 heterocycles. The number of carbonyl (C=O) groups is 1. The first kappa shape index (κ1) is 16.8. The summed E-state index contributed by atoms with van der Waals surface area (Å²) in [5, 5.41) is 0. The van der Waals surface area contributed by atoms with E-state index in [4.69, 9.17) is 4.74 Å². The Morgan fingerprint density at radius 2 is 1.74 bits per heavy atom. The number of fused-ring (bicyclic) bond motifs is 3. The third-order valence-electron chi connectivity index (χ3n) is 6.30. The van der Waals surface area contributed by atoms with Crippen LogP contribution in [0.1, 0.15) is 58.8 Å². The topological polar surface area (TPSA) is 26.3 Å². The zero-order chi connectivity index (χ0) is 17.1. The van der Waals surface area contributed by atoms with Crippen LogP contribution in [0, 0.1) is 11.3 Å². The normalized spacial score (nSPS) is 41.3. The van der Waals surface area contributed by atoms with E-state index in [1.807, 2.05) is 13.0 Å². The summed E-state index contributed by atoms with van der Waals surface area (Å²) in [5.41, 5.74) is -2.89. The predicted octanol–water partition coefficient (Wildman–Crippen LogP) is 4.88. The average molecular weight is 334 g/mol. The third kappa shape index (κ3) is 2.02. The van der Waals surface area contributed by atoms with Crippen molar-refractivity contribution in [3.8, 4) is 0 Å². The van der Waals surface area contributed by atoms with Crippen molar-refractivity contribution in [3.63, 3.8) is 0 Å². The van der Waals surface area contributed by atoms with Gasteiger partial charge in [0.15, 0.2) is 5.60 Å². The lowest BCUT2D eigenvalue weighted by Crippen LogP contribution is -2.75. The van der Waals surface area contributed by atoms with E-state index in [0.717, 1.165) is 12.5 Å². The maximum atomic E-state index is 14.9. The fraction of sp³-hybridized carbons (Fsp3) is 0.824. The minimum Gasteiger partial charge on any atom is -0.453 e. The van der Waals surface area contributed by atoms with Gasteiger partial charge >= 0.3 is 17.8 Å². The molecule has 4 aliphatic carbocycles. The van der Waals surface area contributed by atoms with Gasteiger partial charge in [0.25, 0.3) is 0 Å². The van der Waals surface area contributed by atoms with Crippen LogP contribution < -0.4 is 0 Å². The molecule has 4 rings (SSSR count). The molecule has 0 aromatic heterocycles. The first-order chi connectivity index (χ1) is 10.6. The molecule has 0 spiro atoms. The second-order valence-electron chi connectivity index (χ2n) is 7.41. The highest BCUT2D eigenvalue weighted by Gasteiger charge is 2.84. The van der Waals surface area contributed by atoms with Gasteiger partial charge in [0, 0.05) is 12.3 Å². The molecule has 0 aromatic rings. The number of hydrogen-bond donors (Lipinski definition) is 0. The summed E-state index contributed by atoms with van der Waals surface area (Å²) in [7, 11) is 0. The van der Waals surface area contributed by atoms with E-state index in [2.05, 4.69) is 0 Å². The number of esters is 1. The van der Waals surface area contributed by atoms with Gasteiger partial charge < -0.3 is 4.74 Å². The van der Waals surface area contributed by atoms with E-state index in [1.165, 1.54) is 0 Å². The van der Waals surface area contributed by atoms with Gasteiger partial charge in [-0.05, 0) is 57.8 Å². The lowest BCUT2D eigenvalue weighted by Gasteiger charge is -2.62. The summed E-state index contributed by atoms with van der Waals surface area (Å²) in [6.45, 7) is 2.93. The highest BCUT2D eigenvalue weighted by molar-refractivity contribution is 5.67. The quantitative estimate of drug-likeness (QED) is 0.409. The van der Waals surface area contributed by atoms with Gasteiger partial charge in [0.1, 0.15) is 0 Å². The Morgan fingerprint density at radius 1 is 1.13 bits per heavy atom. The third-order valence-corrected chi connectivity index (χ3v) is 6.30.